The lowest BCUT2D eigenvalue weighted by molar-refractivity contribution is -0.148. The fourth-order valence-corrected chi connectivity index (χ4v) is 2.44. The molecule has 1 aromatic rings. The zero-order chi connectivity index (χ0) is 15.6. The molecule has 2 unspecified atom stereocenters. The molecule has 7 heteroatoms. The van der Waals surface area contributed by atoms with Gasteiger partial charge in [-0.2, -0.15) is 0 Å². The van der Waals surface area contributed by atoms with Gasteiger partial charge in [-0.05, 0) is 17.7 Å². The van der Waals surface area contributed by atoms with Gasteiger partial charge in [0.15, 0.2) is 0 Å². The van der Waals surface area contributed by atoms with E-state index in [1.165, 1.54) is 12.1 Å². The first kappa shape index (κ1) is 14.8. The van der Waals surface area contributed by atoms with Gasteiger partial charge in [-0.15, -0.1) is 0 Å². The minimum atomic E-state index is -1.20. The van der Waals surface area contributed by atoms with Crippen LogP contribution < -0.4 is 0 Å². The molecule has 0 bridgehead atoms. The number of phenolic OH excluding ortho intramolecular Hbond substituents is 1. The van der Waals surface area contributed by atoms with E-state index in [0.717, 1.165) is 4.90 Å². The number of rotatable bonds is 5. The lowest BCUT2D eigenvalue weighted by Gasteiger charge is -2.24. The SMILES string of the molecule is O=C(O)C1CC(=O)N(C(Cc2cccc(O)c2)C(=O)O)C1. The van der Waals surface area contributed by atoms with Crippen molar-refractivity contribution in [3.05, 3.63) is 29.8 Å². The van der Waals surface area contributed by atoms with Crippen molar-refractivity contribution in [1.82, 2.24) is 4.90 Å². The maximum Gasteiger partial charge on any atom is 0.326 e. The maximum atomic E-state index is 11.8. The third-order valence-corrected chi connectivity index (χ3v) is 3.51. The number of carboxylic acids is 2. The van der Waals surface area contributed by atoms with Gasteiger partial charge in [-0.25, -0.2) is 4.79 Å². The number of aliphatic carboxylic acids is 2. The van der Waals surface area contributed by atoms with E-state index in [4.69, 9.17) is 5.11 Å². The molecule has 2 rings (SSSR count). The number of nitrogens with zero attached hydrogens (tertiary/aromatic N) is 1. The van der Waals surface area contributed by atoms with Crippen LogP contribution in [-0.2, 0) is 20.8 Å². The summed E-state index contributed by atoms with van der Waals surface area (Å²) < 4.78 is 0. The highest BCUT2D eigenvalue weighted by Crippen LogP contribution is 2.23. The number of hydrogen-bond acceptors (Lipinski definition) is 4. The summed E-state index contributed by atoms with van der Waals surface area (Å²) in [5, 5.41) is 27.6. The standard InChI is InChI=1S/C14H15NO6/c16-10-3-1-2-8(4-10)5-11(14(20)21)15-7-9(13(18)19)6-12(15)17/h1-4,9,11,16H,5-7H2,(H,18,19)(H,20,21). The van der Waals surface area contributed by atoms with Crippen molar-refractivity contribution in [3.63, 3.8) is 0 Å². The first-order valence-corrected chi connectivity index (χ1v) is 6.41. The van der Waals surface area contributed by atoms with Crippen LogP contribution in [0.25, 0.3) is 0 Å². The summed E-state index contributed by atoms with van der Waals surface area (Å²) >= 11 is 0. The first-order valence-electron chi connectivity index (χ1n) is 6.41. The smallest absolute Gasteiger partial charge is 0.326 e. The van der Waals surface area contributed by atoms with E-state index in [0.29, 0.717) is 5.56 Å². The van der Waals surface area contributed by atoms with E-state index in [9.17, 15) is 24.6 Å². The number of carbonyl (C=O) groups excluding carboxylic acids is 1. The molecular formula is C14H15NO6. The topological polar surface area (TPSA) is 115 Å². The van der Waals surface area contributed by atoms with Crippen LogP contribution in [0.4, 0.5) is 0 Å². The van der Waals surface area contributed by atoms with Gasteiger partial charge < -0.3 is 20.2 Å². The Morgan fingerprint density at radius 3 is 2.57 bits per heavy atom. The van der Waals surface area contributed by atoms with Crippen molar-refractivity contribution in [2.24, 2.45) is 5.92 Å². The second-order valence-electron chi connectivity index (χ2n) is 5.01. The number of likely N-dealkylation sites (tertiary alicyclic amines) is 1. The molecule has 1 aliphatic rings. The largest absolute Gasteiger partial charge is 0.508 e. The molecule has 112 valence electrons. The zero-order valence-electron chi connectivity index (χ0n) is 11.1. The van der Waals surface area contributed by atoms with Crippen LogP contribution in [-0.4, -0.2) is 50.7 Å². The Bertz CT molecular complexity index is 585. The fraction of sp³-hybridized carbons (Fsp3) is 0.357. The number of hydrogen-bond donors (Lipinski definition) is 3. The molecule has 7 nitrogen and oxygen atoms in total. The predicted octanol–water partition coefficient (Wildman–Crippen LogP) is 0.321. The van der Waals surface area contributed by atoms with E-state index >= 15 is 0 Å². The highest BCUT2D eigenvalue weighted by Gasteiger charge is 2.40. The molecule has 1 amide bonds. The molecule has 1 aromatic carbocycles. The highest BCUT2D eigenvalue weighted by molar-refractivity contribution is 5.89. The molecular weight excluding hydrogens is 278 g/mol. The summed E-state index contributed by atoms with van der Waals surface area (Å²) in [7, 11) is 0. The second-order valence-corrected chi connectivity index (χ2v) is 5.01. The molecule has 2 atom stereocenters. The third-order valence-electron chi connectivity index (χ3n) is 3.51. The summed E-state index contributed by atoms with van der Waals surface area (Å²) in [5.41, 5.74) is 0.564. The average molecular weight is 293 g/mol. The van der Waals surface area contributed by atoms with E-state index in [2.05, 4.69) is 0 Å². The predicted molar refractivity (Wildman–Crippen MR) is 70.7 cm³/mol. The number of aromatic hydroxyl groups is 1. The van der Waals surface area contributed by atoms with Crippen LogP contribution in [0.5, 0.6) is 5.75 Å². The second kappa shape index (κ2) is 5.82. The van der Waals surface area contributed by atoms with Gasteiger partial charge in [0.25, 0.3) is 0 Å². The minimum Gasteiger partial charge on any atom is -0.508 e. The molecule has 1 fully saturated rings. The molecule has 0 aromatic heterocycles. The molecule has 0 aliphatic carbocycles. The average Bonchev–Trinajstić information content (AvgIpc) is 2.78. The number of benzene rings is 1. The summed E-state index contributed by atoms with van der Waals surface area (Å²) in [5.74, 6) is -3.64. The van der Waals surface area contributed by atoms with Gasteiger partial charge in [0.1, 0.15) is 11.8 Å². The van der Waals surface area contributed by atoms with Crippen LogP contribution in [0, 0.1) is 5.92 Å². The molecule has 21 heavy (non-hydrogen) atoms. The van der Waals surface area contributed by atoms with Crippen molar-refractivity contribution in [1.29, 1.82) is 0 Å². The molecule has 1 saturated heterocycles. The normalized spacial score (nSPS) is 19.5. The van der Waals surface area contributed by atoms with E-state index in [1.54, 1.807) is 12.1 Å². The van der Waals surface area contributed by atoms with Gasteiger partial charge in [-0.3, -0.25) is 9.59 Å². The fourth-order valence-electron chi connectivity index (χ4n) is 2.44. The van der Waals surface area contributed by atoms with Crippen LogP contribution in [0.3, 0.4) is 0 Å². The van der Waals surface area contributed by atoms with Crippen molar-refractivity contribution < 1.29 is 29.7 Å². The summed E-state index contributed by atoms with van der Waals surface area (Å²) in [6.07, 6.45) is -0.166. The van der Waals surface area contributed by atoms with Crippen LogP contribution in [0.1, 0.15) is 12.0 Å². The lowest BCUT2D eigenvalue weighted by Crippen LogP contribution is -2.44. The number of amides is 1. The summed E-state index contributed by atoms with van der Waals surface area (Å²) in [6, 6.07) is 4.97. The van der Waals surface area contributed by atoms with Crippen LogP contribution >= 0.6 is 0 Å². The Labute approximate surface area is 120 Å². The number of carboxylic acid groups (broad SMARTS) is 2. The van der Waals surface area contributed by atoms with Crippen molar-refractivity contribution in [3.8, 4) is 5.75 Å². The Kier molecular flexibility index (Phi) is 4.11. The first-order chi connectivity index (χ1) is 9.88. The van der Waals surface area contributed by atoms with E-state index < -0.39 is 29.8 Å². The Morgan fingerprint density at radius 2 is 2.05 bits per heavy atom. The van der Waals surface area contributed by atoms with Crippen molar-refractivity contribution >= 4 is 17.8 Å². The Hall–Kier alpha value is -2.57. The van der Waals surface area contributed by atoms with Gasteiger partial charge in [0.05, 0.1) is 5.92 Å². The van der Waals surface area contributed by atoms with Gasteiger partial charge in [0, 0.05) is 19.4 Å². The highest BCUT2D eigenvalue weighted by atomic mass is 16.4. The molecule has 0 spiro atoms. The molecule has 3 N–H and O–H groups in total. The molecule has 1 aliphatic heterocycles. The van der Waals surface area contributed by atoms with E-state index in [-0.39, 0.29) is 25.1 Å². The molecule has 0 radical (unpaired) electrons. The third kappa shape index (κ3) is 3.31. The number of carbonyl (C=O) groups is 3. The van der Waals surface area contributed by atoms with E-state index in [1.807, 2.05) is 0 Å². The van der Waals surface area contributed by atoms with Crippen LogP contribution in [0.15, 0.2) is 24.3 Å². The lowest BCUT2D eigenvalue weighted by atomic mass is 10.0. The zero-order valence-corrected chi connectivity index (χ0v) is 11.1. The number of phenols is 1. The minimum absolute atomic E-state index is 0.00722. The van der Waals surface area contributed by atoms with Crippen molar-refractivity contribution in [2.75, 3.05) is 6.54 Å². The molecule has 1 heterocycles. The summed E-state index contributed by atoms with van der Waals surface area (Å²) in [6.45, 7) is -0.107. The Balaban J connectivity index is 2.18. The maximum absolute atomic E-state index is 11.8. The van der Waals surface area contributed by atoms with Crippen LogP contribution in [0.2, 0.25) is 0 Å². The van der Waals surface area contributed by atoms with Gasteiger partial charge >= 0.3 is 11.9 Å². The molecule has 0 saturated carbocycles. The van der Waals surface area contributed by atoms with Crippen molar-refractivity contribution in [2.45, 2.75) is 18.9 Å². The van der Waals surface area contributed by atoms with Gasteiger partial charge in [0.2, 0.25) is 5.91 Å². The monoisotopic (exact) mass is 293 g/mol. The quantitative estimate of drug-likeness (QED) is 0.720. The Morgan fingerprint density at radius 1 is 1.33 bits per heavy atom. The van der Waals surface area contributed by atoms with Gasteiger partial charge in [-0.1, -0.05) is 12.1 Å². The summed E-state index contributed by atoms with van der Waals surface area (Å²) in [4.78, 5) is 35.3.